The van der Waals surface area contributed by atoms with E-state index in [1.807, 2.05) is 0 Å². The second-order valence-electron chi connectivity index (χ2n) is 16.6. The van der Waals surface area contributed by atoms with Crippen molar-refractivity contribution in [3.05, 3.63) is 0 Å². The van der Waals surface area contributed by atoms with E-state index in [9.17, 15) is 9.59 Å². The first-order valence-corrected chi connectivity index (χ1v) is 18.5. The minimum Gasteiger partial charge on any atom is -0.462 e. The fraction of sp³-hybridized carbons (Fsp3) is 0.947. The summed E-state index contributed by atoms with van der Waals surface area (Å²) in [4.78, 5) is 31.0. The summed E-state index contributed by atoms with van der Waals surface area (Å²) in [7, 11) is 0. The summed E-state index contributed by atoms with van der Waals surface area (Å²) >= 11 is 0. The van der Waals surface area contributed by atoms with Crippen LogP contribution in [0.5, 0.6) is 0 Å². The maximum atomic E-state index is 12.9. The van der Waals surface area contributed by atoms with Crippen molar-refractivity contribution in [3.8, 4) is 0 Å². The van der Waals surface area contributed by atoms with Crippen LogP contribution >= 0.6 is 0 Å². The zero-order valence-corrected chi connectivity index (χ0v) is 30.8. The maximum Gasteiger partial charge on any atom is 0.306 e. The van der Waals surface area contributed by atoms with Gasteiger partial charge in [0.2, 0.25) is 0 Å². The number of carbonyl (C=O) groups excluding carboxylic acids is 2. The highest BCUT2D eigenvalue weighted by Gasteiger charge is 2.47. The van der Waals surface area contributed by atoms with E-state index < -0.39 is 0 Å². The molecule has 0 radical (unpaired) electrons. The minimum absolute atomic E-state index is 0.0431. The summed E-state index contributed by atoms with van der Waals surface area (Å²) < 4.78 is 12.0. The number of rotatable bonds is 19. The summed E-state index contributed by atoms with van der Waals surface area (Å²) in [6, 6.07) is 0. The topological polar surface area (TPSA) is 59.1 Å². The molecule has 0 unspecified atom stereocenters. The van der Waals surface area contributed by atoms with E-state index >= 15 is 0 Å². The van der Waals surface area contributed by atoms with Crippen LogP contribution in [0, 0.1) is 0 Å². The molecule has 0 aromatic heterocycles. The van der Waals surface area contributed by atoms with Gasteiger partial charge in [-0.15, -0.1) is 0 Å². The molecule has 2 heterocycles. The van der Waals surface area contributed by atoms with Gasteiger partial charge in [0.15, 0.2) is 0 Å². The molecule has 2 saturated heterocycles. The number of likely N-dealkylation sites (tertiary alicyclic amines) is 2. The molecule has 0 N–H and O–H groups in total. The monoisotopic (exact) mass is 621 g/mol. The highest BCUT2D eigenvalue weighted by Crippen LogP contribution is 2.41. The lowest BCUT2D eigenvalue weighted by Crippen LogP contribution is -2.62. The Kier molecular flexibility index (Phi) is 15.7. The van der Waals surface area contributed by atoms with E-state index in [1.165, 1.54) is 77.0 Å². The molecule has 258 valence electrons. The minimum atomic E-state index is -0.280. The Labute approximate surface area is 272 Å². The number of hydrogen-bond donors (Lipinski definition) is 0. The Hall–Kier alpha value is -1.14. The van der Waals surface area contributed by atoms with Crippen LogP contribution in [0.3, 0.4) is 0 Å². The van der Waals surface area contributed by atoms with Crippen LogP contribution in [0.25, 0.3) is 0 Å². The fourth-order valence-corrected chi connectivity index (χ4v) is 8.62. The molecule has 0 bridgehead atoms. The number of ether oxygens (including phenoxy) is 2. The van der Waals surface area contributed by atoms with Gasteiger partial charge in [-0.25, -0.2) is 0 Å². The van der Waals surface area contributed by atoms with Crippen molar-refractivity contribution in [3.63, 3.8) is 0 Å². The Bertz CT molecular complexity index is 759. The molecule has 0 saturated carbocycles. The smallest absolute Gasteiger partial charge is 0.306 e. The summed E-state index contributed by atoms with van der Waals surface area (Å²) in [5, 5.41) is 0. The molecule has 2 aliphatic rings. The van der Waals surface area contributed by atoms with Gasteiger partial charge in [0.25, 0.3) is 0 Å². The molecular weight excluding hydrogens is 548 g/mol. The largest absolute Gasteiger partial charge is 0.462 e. The average Bonchev–Trinajstić information content (AvgIpc) is 2.88. The van der Waals surface area contributed by atoms with Crippen LogP contribution in [0.4, 0.5) is 0 Å². The van der Waals surface area contributed by atoms with Crippen molar-refractivity contribution < 1.29 is 19.1 Å². The molecule has 2 rings (SSSR count). The standard InChI is InChI=1S/C38H72N2O4/c1-11-13-15-17-19-21-25-39-35(3,4)27-31(28-36(39,5)6)43-33(41)23-24-34(42)44-32-29-37(7,8)40(38(9,10)30-32)26-22-20-18-16-14-12-2/h31-32H,11-30H2,1-10H3. The molecule has 44 heavy (non-hydrogen) atoms. The lowest BCUT2D eigenvalue weighted by atomic mass is 9.77. The van der Waals surface area contributed by atoms with Gasteiger partial charge in [0.05, 0.1) is 12.8 Å². The van der Waals surface area contributed by atoms with Gasteiger partial charge in [-0.1, -0.05) is 78.1 Å². The quantitative estimate of drug-likeness (QED) is 0.106. The van der Waals surface area contributed by atoms with Gasteiger partial charge in [-0.3, -0.25) is 19.4 Å². The van der Waals surface area contributed by atoms with E-state index in [0.29, 0.717) is 0 Å². The van der Waals surface area contributed by atoms with Crippen molar-refractivity contribution in [2.24, 2.45) is 0 Å². The molecule has 0 amide bonds. The second kappa shape index (κ2) is 17.7. The van der Waals surface area contributed by atoms with Gasteiger partial charge in [0.1, 0.15) is 12.2 Å². The maximum absolute atomic E-state index is 12.9. The van der Waals surface area contributed by atoms with Crippen LogP contribution in [0.15, 0.2) is 0 Å². The Morgan fingerprint density at radius 1 is 0.500 bits per heavy atom. The molecule has 0 atom stereocenters. The highest BCUT2D eigenvalue weighted by atomic mass is 16.6. The molecule has 0 aromatic carbocycles. The van der Waals surface area contributed by atoms with Crippen LogP contribution in [-0.4, -0.2) is 69.2 Å². The van der Waals surface area contributed by atoms with E-state index in [2.05, 4.69) is 79.0 Å². The Balaban J connectivity index is 1.79. The predicted molar refractivity (Wildman–Crippen MR) is 184 cm³/mol. The van der Waals surface area contributed by atoms with E-state index in [4.69, 9.17) is 9.47 Å². The van der Waals surface area contributed by atoms with Gasteiger partial charge in [0, 0.05) is 47.8 Å². The van der Waals surface area contributed by atoms with Gasteiger partial charge >= 0.3 is 11.9 Å². The summed E-state index contributed by atoms with van der Waals surface area (Å²) in [5.74, 6) is -0.560. The molecule has 2 aliphatic heterocycles. The number of unbranched alkanes of at least 4 members (excludes halogenated alkanes) is 10. The molecule has 2 fully saturated rings. The van der Waals surface area contributed by atoms with Crippen molar-refractivity contribution in [1.29, 1.82) is 0 Å². The first-order valence-electron chi connectivity index (χ1n) is 18.5. The van der Waals surface area contributed by atoms with E-state index in [1.54, 1.807) is 0 Å². The lowest BCUT2D eigenvalue weighted by Gasteiger charge is -2.55. The number of nitrogens with zero attached hydrogens (tertiary/aromatic N) is 2. The lowest BCUT2D eigenvalue weighted by molar-refractivity contribution is -0.167. The summed E-state index contributed by atoms with van der Waals surface area (Å²) in [6.45, 7) is 25.0. The fourth-order valence-electron chi connectivity index (χ4n) is 8.62. The first kappa shape index (κ1) is 39.0. The molecule has 6 heteroatoms. The van der Waals surface area contributed by atoms with Crippen LogP contribution in [0.2, 0.25) is 0 Å². The van der Waals surface area contributed by atoms with Crippen LogP contribution in [0.1, 0.15) is 185 Å². The Morgan fingerprint density at radius 3 is 1.07 bits per heavy atom. The zero-order valence-electron chi connectivity index (χ0n) is 30.8. The zero-order chi connectivity index (χ0) is 33.0. The third kappa shape index (κ3) is 12.6. The second-order valence-corrected chi connectivity index (χ2v) is 16.6. The number of esters is 2. The molecular formula is C38H72N2O4. The molecule has 0 spiro atoms. The van der Waals surface area contributed by atoms with Crippen LogP contribution < -0.4 is 0 Å². The van der Waals surface area contributed by atoms with Gasteiger partial charge < -0.3 is 9.47 Å². The van der Waals surface area contributed by atoms with E-state index in [0.717, 1.165) is 38.8 Å². The normalized spacial score (nSPS) is 22.1. The summed E-state index contributed by atoms with van der Waals surface area (Å²) in [5.41, 5.74) is -0.172. The molecule has 6 nitrogen and oxygen atoms in total. The highest BCUT2D eigenvalue weighted by molar-refractivity contribution is 5.77. The predicted octanol–water partition coefficient (Wildman–Crippen LogP) is 9.62. The third-order valence-electron chi connectivity index (χ3n) is 10.4. The van der Waals surface area contributed by atoms with Crippen molar-refractivity contribution in [2.75, 3.05) is 13.1 Å². The number of hydrogen-bond acceptors (Lipinski definition) is 6. The van der Waals surface area contributed by atoms with Crippen molar-refractivity contribution in [2.45, 2.75) is 219 Å². The number of piperidine rings is 2. The van der Waals surface area contributed by atoms with Gasteiger partial charge in [-0.05, 0) is 81.3 Å². The van der Waals surface area contributed by atoms with Crippen molar-refractivity contribution >= 4 is 11.9 Å². The average molecular weight is 621 g/mol. The molecule has 0 aromatic rings. The van der Waals surface area contributed by atoms with Crippen molar-refractivity contribution in [1.82, 2.24) is 9.80 Å². The SMILES string of the molecule is CCCCCCCCN1C(C)(C)CC(OC(=O)CCC(=O)OC2CC(C)(C)N(CCCCCCCC)C(C)(C)C2)CC1(C)C. The van der Waals surface area contributed by atoms with E-state index in [-0.39, 0.29) is 59.1 Å². The Morgan fingerprint density at radius 2 is 0.773 bits per heavy atom. The molecule has 0 aliphatic carbocycles. The first-order chi connectivity index (χ1) is 20.5. The van der Waals surface area contributed by atoms with Crippen LogP contribution in [-0.2, 0) is 19.1 Å². The van der Waals surface area contributed by atoms with Gasteiger partial charge in [-0.2, -0.15) is 0 Å². The summed E-state index contributed by atoms with van der Waals surface area (Å²) in [6.07, 6.45) is 18.8. The number of carbonyl (C=O) groups is 2. The third-order valence-corrected chi connectivity index (χ3v) is 10.4.